The minimum Gasteiger partial charge on any atom is -0.392 e. The number of aliphatic hydroxyl groups excluding tert-OH is 1. The summed E-state index contributed by atoms with van der Waals surface area (Å²) in [4.78, 5) is 28.2. The van der Waals surface area contributed by atoms with Crippen LogP contribution in [0.1, 0.15) is 66.8 Å². The Balaban J connectivity index is 1.10. The largest absolute Gasteiger partial charge is 0.392 e. The fraction of sp³-hybridized carbons (Fsp3) is 0.289. The molecule has 0 bridgehead atoms. The number of hydrogen-bond acceptors (Lipinski definition) is 9. The molecule has 1 aromatic heterocycles. The Morgan fingerprint density at radius 3 is 2.35 bits per heavy atom. The van der Waals surface area contributed by atoms with E-state index in [2.05, 4.69) is 29.6 Å². The molecular weight excluding hydrogens is 659 g/mol. The van der Waals surface area contributed by atoms with E-state index in [0.717, 1.165) is 49.0 Å². The predicted molar refractivity (Wildman–Crippen MR) is 191 cm³/mol. The van der Waals surface area contributed by atoms with Crippen LogP contribution < -0.4 is 10.8 Å². The van der Waals surface area contributed by atoms with Gasteiger partial charge in [0.15, 0.2) is 10.6 Å². The van der Waals surface area contributed by atoms with Crippen LogP contribution in [0.15, 0.2) is 101 Å². The van der Waals surface area contributed by atoms with E-state index < -0.39 is 12.2 Å². The number of aromatic nitrogens is 1. The van der Waals surface area contributed by atoms with E-state index in [-0.39, 0.29) is 31.1 Å². The zero-order chi connectivity index (χ0) is 34.0. The van der Waals surface area contributed by atoms with Gasteiger partial charge in [-0.2, -0.15) is 0 Å². The minimum atomic E-state index is -0.550. The second-order valence-electron chi connectivity index (χ2n) is 11.9. The average Bonchev–Trinajstić information content (AvgIpc) is 3.58. The number of carbonyl (C=O) groups is 2. The molecule has 11 heteroatoms. The number of nitrogens with one attached hydrogen (secondary N) is 2. The van der Waals surface area contributed by atoms with Crippen LogP contribution in [-0.2, 0) is 32.2 Å². The van der Waals surface area contributed by atoms with Crippen molar-refractivity contribution in [2.75, 3.05) is 5.75 Å². The van der Waals surface area contributed by atoms with Crippen LogP contribution in [0, 0.1) is 0 Å². The normalized spacial score (nSPS) is 17.6. The van der Waals surface area contributed by atoms with E-state index in [1.807, 2.05) is 72.8 Å². The number of rotatable bonds is 14. The molecule has 1 fully saturated rings. The number of fused-ring (bicyclic) bond motifs is 1. The molecule has 1 aliphatic heterocycles. The zero-order valence-corrected chi connectivity index (χ0v) is 28.6. The van der Waals surface area contributed by atoms with Gasteiger partial charge in [0.05, 0.1) is 29.0 Å². The van der Waals surface area contributed by atoms with Gasteiger partial charge in [0.2, 0.25) is 11.8 Å². The third-order valence-corrected chi connectivity index (χ3v) is 10.7. The highest BCUT2D eigenvalue weighted by Crippen LogP contribution is 2.40. The van der Waals surface area contributed by atoms with Crippen LogP contribution in [0.25, 0.3) is 21.3 Å². The van der Waals surface area contributed by atoms with Crippen molar-refractivity contribution in [1.29, 1.82) is 0 Å². The molecular formula is C38H39N3O6S2. The zero-order valence-electron chi connectivity index (χ0n) is 26.9. The fourth-order valence-electron chi connectivity index (χ4n) is 5.71. The van der Waals surface area contributed by atoms with Gasteiger partial charge in [-0.15, -0.1) is 11.3 Å². The van der Waals surface area contributed by atoms with E-state index >= 15 is 0 Å². The number of carbonyl (C=O) groups excluding carboxylic acids is 2. The van der Waals surface area contributed by atoms with E-state index in [1.165, 1.54) is 4.70 Å². The molecule has 6 rings (SSSR count). The highest BCUT2D eigenvalue weighted by molar-refractivity contribution is 8.01. The molecule has 5 aromatic rings. The summed E-state index contributed by atoms with van der Waals surface area (Å²) >= 11 is 3.41. The molecule has 3 unspecified atom stereocenters. The quantitative estimate of drug-likeness (QED) is 0.0407. The summed E-state index contributed by atoms with van der Waals surface area (Å²) in [6.07, 6.45) is 1.53. The Hall–Kier alpha value is -4.10. The number of unbranched alkanes of at least 4 members (excludes halogenated alkanes) is 1. The number of thioether (sulfide) groups is 1. The van der Waals surface area contributed by atoms with Crippen LogP contribution in [0.5, 0.6) is 0 Å². The highest BCUT2D eigenvalue weighted by Gasteiger charge is 2.32. The van der Waals surface area contributed by atoms with Gasteiger partial charge >= 0.3 is 0 Å². The molecule has 2 amide bonds. The number of ether oxygens (including phenoxy) is 2. The van der Waals surface area contributed by atoms with Crippen molar-refractivity contribution < 1.29 is 29.4 Å². The Morgan fingerprint density at radius 2 is 1.59 bits per heavy atom. The van der Waals surface area contributed by atoms with Gasteiger partial charge in [-0.25, -0.2) is 10.5 Å². The van der Waals surface area contributed by atoms with Crippen LogP contribution in [0.4, 0.5) is 0 Å². The van der Waals surface area contributed by atoms with E-state index in [9.17, 15) is 14.7 Å². The molecule has 9 nitrogen and oxygen atoms in total. The summed E-state index contributed by atoms with van der Waals surface area (Å²) in [6, 6.07) is 32.4. The van der Waals surface area contributed by atoms with Crippen LogP contribution in [-0.4, -0.2) is 39.0 Å². The summed E-state index contributed by atoms with van der Waals surface area (Å²) in [6.45, 7) is 0.403. The van der Waals surface area contributed by atoms with E-state index in [0.29, 0.717) is 32.2 Å². The number of amides is 2. The van der Waals surface area contributed by atoms with Gasteiger partial charge in [0.1, 0.15) is 0 Å². The predicted octanol–water partition coefficient (Wildman–Crippen LogP) is 7.48. The molecule has 3 atom stereocenters. The molecule has 4 aromatic carbocycles. The van der Waals surface area contributed by atoms with Gasteiger partial charge in [-0.1, -0.05) is 90.6 Å². The topological polar surface area (TPSA) is 130 Å². The molecule has 2 heterocycles. The third-order valence-electron chi connectivity index (χ3n) is 8.40. The first kappa shape index (κ1) is 34.8. The lowest BCUT2D eigenvalue weighted by Gasteiger charge is -2.36. The second-order valence-corrected chi connectivity index (χ2v) is 14.2. The van der Waals surface area contributed by atoms with Gasteiger partial charge < -0.3 is 19.9 Å². The molecule has 0 radical (unpaired) electrons. The maximum atomic E-state index is 12.3. The molecule has 4 N–H and O–H groups in total. The van der Waals surface area contributed by atoms with Gasteiger partial charge in [-0.3, -0.25) is 14.8 Å². The van der Waals surface area contributed by atoms with Crippen molar-refractivity contribution in [2.24, 2.45) is 0 Å². The first-order valence-electron chi connectivity index (χ1n) is 16.4. The number of benzene rings is 4. The Morgan fingerprint density at radius 1 is 0.837 bits per heavy atom. The number of nitrogens with zero attached hydrogens (tertiary/aromatic N) is 1. The lowest BCUT2D eigenvalue weighted by atomic mass is 9.99. The summed E-state index contributed by atoms with van der Waals surface area (Å²) in [5.41, 5.74) is 8.50. The Labute approximate surface area is 293 Å². The first-order valence-corrected chi connectivity index (χ1v) is 18.2. The summed E-state index contributed by atoms with van der Waals surface area (Å²) in [5, 5.41) is 21.1. The maximum absolute atomic E-state index is 12.3. The molecule has 1 saturated heterocycles. The van der Waals surface area contributed by atoms with Gasteiger partial charge in [0, 0.05) is 37.1 Å². The van der Waals surface area contributed by atoms with Gasteiger partial charge in [0.25, 0.3) is 0 Å². The summed E-state index contributed by atoms with van der Waals surface area (Å²) < 4.78 is 15.3. The van der Waals surface area contributed by atoms with Crippen molar-refractivity contribution in [3.05, 3.63) is 119 Å². The third kappa shape index (κ3) is 9.54. The number of aliphatic hydroxyl groups is 1. The average molecular weight is 698 g/mol. The summed E-state index contributed by atoms with van der Waals surface area (Å²) in [7, 11) is 0. The standard InChI is InChI=1S/C38H39N3O6S2/c42-23-25-12-14-28(15-13-25)33-21-31(24-48-38-40-32-8-1-2-9-34(32)49-38)46-37(47-33)29-18-16-27(17-19-29)30-7-5-6-26(20-30)22-39-35(43)10-3-4-11-36(44)41-45/h1-2,5-9,12-20,31,33,37,42,45H,3-4,10-11,21-24H2,(H,39,43)(H,41,44). The molecule has 0 spiro atoms. The van der Waals surface area contributed by atoms with Crippen molar-refractivity contribution in [1.82, 2.24) is 15.8 Å². The fourth-order valence-corrected chi connectivity index (χ4v) is 7.82. The van der Waals surface area contributed by atoms with Crippen LogP contribution in [0.2, 0.25) is 0 Å². The minimum absolute atomic E-state index is 0.00207. The van der Waals surface area contributed by atoms with Gasteiger partial charge in [-0.05, 0) is 58.9 Å². The number of hydrogen-bond donors (Lipinski definition) is 4. The Kier molecular flexibility index (Phi) is 12.1. The molecule has 0 aliphatic carbocycles. The number of thiazole rings is 1. The number of hydroxylamine groups is 1. The van der Waals surface area contributed by atoms with Crippen LogP contribution in [0.3, 0.4) is 0 Å². The molecule has 254 valence electrons. The van der Waals surface area contributed by atoms with E-state index in [4.69, 9.17) is 19.7 Å². The van der Waals surface area contributed by atoms with Crippen molar-refractivity contribution in [3.8, 4) is 11.1 Å². The first-order chi connectivity index (χ1) is 24.0. The van der Waals surface area contributed by atoms with Crippen LogP contribution >= 0.6 is 23.1 Å². The highest BCUT2D eigenvalue weighted by atomic mass is 32.2. The molecule has 0 saturated carbocycles. The second kappa shape index (κ2) is 17.0. The monoisotopic (exact) mass is 697 g/mol. The lowest BCUT2D eigenvalue weighted by molar-refractivity contribution is -0.245. The van der Waals surface area contributed by atoms with E-state index in [1.54, 1.807) is 28.6 Å². The Bertz CT molecular complexity index is 1810. The molecule has 1 aliphatic rings. The SMILES string of the molecule is O=C(CCCCC(=O)NCc1cccc(-c2ccc(C3OC(CSc4nc5ccccc5s4)CC(c4ccc(CO)cc4)O3)cc2)c1)NO. The molecule has 49 heavy (non-hydrogen) atoms. The number of para-hydroxylation sites is 1. The summed E-state index contributed by atoms with van der Waals surface area (Å²) in [5.74, 6) is 0.219. The van der Waals surface area contributed by atoms with Crippen molar-refractivity contribution in [2.45, 2.75) is 68.1 Å². The van der Waals surface area contributed by atoms with Crippen molar-refractivity contribution >= 4 is 45.1 Å². The maximum Gasteiger partial charge on any atom is 0.243 e. The smallest absolute Gasteiger partial charge is 0.243 e. The van der Waals surface area contributed by atoms with Crippen molar-refractivity contribution in [3.63, 3.8) is 0 Å². The lowest BCUT2D eigenvalue weighted by Crippen LogP contribution is -2.31.